The maximum Gasteiger partial charge on any atom is 0.242 e. The van der Waals surface area contributed by atoms with E-state index in [1.54, 1.807) is 24.0 Å². The third-order valence-corrected chi connectivity index (χ3v) is 5.92. The van der Waals surface area contributed by atoms with Gasteiger partial charge in [0.1, 0.15) is 19.3 Å². The number of benzene rings is 2. The van der Waals surface area contributed by atoms with Crippen LogP contribution in [0.2, 0.25) is 5.02 Å². The molecule has 0 bridgehead atoms. The Labute approximate surface area is 194 Å². The number of nitrogens with zero attached hydrogens (tertiary/aromatic N) is 1. The van der Waals surface area contributed by atoms with Gasteiger partial charge in [-0.2, -0.15) is 0 Å². The van der Waals surface area contributed by atoms with Gasteiger partial charge in [-0.25, -0.2) is 0 Å². The maximum absolute atomic E-state index is 13.2. The predicted molar refractivity (Wildman–Crippen MR) is 125 cm³/mol. The molecule has 172 valence electrons. The third kappa shape index (κ3) is 6.39. The lowest BCUT2D eigenvalue weighted by molar-refractivity contribution is -0.140. The van der Waals surface area contributed by atoms with E-state index in [-0.39, 0.29) is 24.3 Å². The van der Waals surface area contributed by atoms with Crippen LogP contribution in [0.15, 0.2) is 42.5 Å². The number of ether oxygens (including phenoxy) is 2. The van der Waals surface area contributed by atoms with Crippen molar-refractivity contribution in [2.45, 2.75) is 58.7 Å². The molecule has 0 radical (unpaired) electrons. The Morgan fingerprint density at radius 3 is 2.38 bits per heavy atom. The summed E-state index contributed by atoms with van der Waals surface area (Å²) >= 11 is 6.00. The third-order valence-electron chi connectivity index (χ3n) is 5.67. The van der Waals surface area contributed by atoms with Crippen LogP contribution in [-0.4, -0.2) is 42.0 Å². The summed E-state index contributed by atoms with van der Waals surface area (Å²) in [6, 6.07) is 12.5. The predicted octanol–water partition coefficient (Wildman–Crippen LogP) is 4.38. The molecule has 2 atom stereocenters. The Morgan fingerprint density at radius 2 is 1.69 bits per heavy atom. The SMILES string of the molecule is CC[C@H](C)NC(=O)[C@@H](C)N(Cc1ccc(Cl)cc1)C(=O)CCc1ccc2c(c1)OCCO2. The number of hydrogen-bond donors (Lipinski definition) is 1. The summed E-state index contributed by atoms with van der Waals surface area (Å²) in [6.07, 6.45) is 1.66. The highest BCUT2D eigenvalue weighted by Gasteiger charge is 2.26. The Hall–Kier alpha value is -2.73. The van der Waals surface area contributed by atoms with Crippen molar-refractivity contribution >= 4 is 23.4 Å². The van der Waals surface area contributed by atoms with Crippen LogP contribution in [0.4, 0.5) is 0 Å². The van der Waals surface area contributed by atoms with Gasteiger partial charge in [-0.05, 0) is 62.1 Å². The molecule has 32 heavy (non-hydrogen) atoms. The fourth-order valence-corrected chi connectivity index (χ4v) is 3.60. The van der Waals surface area contributed by atoms with Crippen molar-refractivity contribution in [1.29, 1.82) is 0 Å². The van der Waals surface area contributed by atoms with E-state index in [0.29, 0.717) is 37.0 Å². The molecular weight excluding hydrogens is 428 g/mol. The second-order valence-corrected chi connectivity index (χ2v) is 8.56. The Kier molecular flexibility index (Phi) is 8.39. The van der Waals surface area contributed by atoms with Gasteiger partial charge in [0.25, 0.3) is 0 Å². The van der Waals surface area contributed by atoms with Crippen molar-refractivity contribution in [2.24, 2.45) is 0 Å². The highest BCUT2D eigenvalue weighted by atomic mass is 35.5. The van der Waals surface area contributed by atoms with E-state index >= 15 is 0 Å². The van der Waals surface area contributed by atoms with Crippen LogP contribution >= 0.6 is 11.6 Å². The number of carbonyl (C=O) groups excluding carboxylic acids is 2. The number of aryl methyl sites for hydroxylation is 1. The van der Waals surface area contributed by atoms with Crippen LogP contribution < -0.4 is 14.8 Å². The Balaban J connectivity index is 1.71. The summed E-state index contributed by atoms with van der Waals surface area (Å²) in [5, 5.41) is 3.62. The quantitative estimate of drug-likeness (QED) is 0.605. The zero-order valence-electron chi connectivity index (χ0n) is 18.9. The number of amides is 2. The number of carbonyl (C=O) groups is 2. The van der Waals surface area contributed by atoms with Gasteiger partial charge in [0.05, 0.1) is 0 Å². The molecule has 0 fully saturated rings. The normalized spacial score (nSPS) is 14.4. The van der Waals surface area contributed by atoms with Crippen LogP contribution in [0, 0.1) is 0 Å². The molecule has 0 aliphatic carbocycles. The molecule has 7 heteroatoms. The lowest BCUT2D eigenvalue weighted by Crippen LogP contribution is -2.49. The summed E-state index contributed by atoms with van der Waals surface area (Å²) in [7, 11) is 0. The van der Waals surface area contributed by atoms with Crippen LogP contribution in [0.1, 0.15) is 44.7 Å². The Bertz CT molecular complexity index is 932. The number of rotatable bonds is 9. The van der Waals surface area contributed by atoms with Gasteiger partial charge in [0.15, 0.2) is 11.5 Å². The summed E-state index contributed by atoms with van der Waals surface area (Å²) in [6.45, 7) is 7.15. The molecule has 0 unspecified atom stereocenters. The first-order valence-corrected chi connectivity index (χ1v) is 11.5. The van der Waals surface area contributed by atoms with Crippen LogP contribution in [0.3, 0.4) is 0 Å². The van der Waals surface area contributed by atoms with Crippen LogP contribution in [0.25, 0.3) is 0 Å². The molecule has 1 heterocycles. The second-order valence-electron chi connectivity index (χ2n) is 8.12. The molecule has 2 aromatic rings. The van der Waals surface area contributed by atoms with Gasteiger partial charge in [-0.3, -0.25) is 9.59 Å². The Morgan fingerprint density at radius 1 is 1.03 bits per heavy atom. The maximum atomic E-state index is 13.2. The molecule has 1 aliphatic rings. The number of halogens is 1. The molecule has 3 rings (SSSR count). The lowest BCUT2D eigenvalue weighted by Gasteiger charge is -2.30. The minimum atomic E-state index is -0.590. The number of hydrogen-bond acceptors (Lipinski definition) is 4. The summed E-state index contributed by atoms with van der Waals surface area (Å²) in [5.41, 5.74) is 1.91. The minimum absolute atomic E-state index is 0.0511. The summed E-state index contributed by atoms with van der Waals surface area (Å²) < 4.78 is 11.2. The molecule has 2 aromatic carbocycles. The highest BCUT2D eigenvalue weighted by molar-refractivity contribution is 6.30. The van der Waals surface area contributed by atoms with E-state index < -0.39 is 6.04 Å². The van der Waals surface area contributed by atoms with Crippen LogP contribution in [-0.2, 0) is 22.6 Å². The molecule has 0 spiro atoms. The second kappa shape index (κ2) is 11.2. The van der Waals surface area contributed by atoms with E-state index in [2.05, 4.69) is 5.32 Å². The number of fused-ring (bicyclic) bond motifs is 1. The lowest BCUT2D eigenvalue weighted by atomic mass is 10.1. The van der Waals surface area contributed by atoms with Gasteiger partial charge in [-0.1, -0.05) is 36.7 Å². The molecule has 2 amide bonds. The van der Waals surface area contributed by atoms with Gasteiger partial charge >= 0.3 is 0 Å². The molecule has 0 saturated carbocycles. The topological polar surface area (TPSA) is 67.9 Å². The summed E-state index contributed by atoms with van der Waals surface area (Å²) in [4.78, 5) is 27.7. The van der Waals surface area contributed by atoms with Crippen molar-refractivity contribution in [3.8, 4) is 11.5 Å². The molecule has 0 saturated heterocycles. The van der Waals surface area contributed by atoms with E-state index in [9.17, 15) is 9.59 Å². The molecule has 1 N–H and O–H groups in total. The van der Waals surface area contributed by atoms with Crippen molar-refractivity contribution in [3.05, 3.63) is 58.6 Å². The van der Waals surface area contributed by atoms with Gasteiger partial charge < -0.3 is 19.7 Å². The first kappa shape index (κ1) is 23.9. The van der Waals surface area contributed by atoms with E-state index in [4.69, 9.17) is 21.1 Å². The summed E-state index contributed by atoms with van der Waals surface area (Å²) in [5.74, 6) is 1.20. The molecule has 1 aliphatic heterocycles. The first-order chi connectivity index (χ1) is 15.4. The monoisotopic (exact) mass is 458 g/mol. The van der Waals surface area contributed by atoms with E-state index in [0.717, 1.165) is 23.3 Å². The zero-order chi connectivity index (χ0) is 23.1. The van der Waals surface area contributed by atoms with Gasteiger partial charge in [0.2, 0.25) is 11.8 Å². The standard InChI is InChI=1S/C25H31ClN2O4/c1-4-17(2)27-25(30)18(3)28(16-20-5-9-21(26)10-6-20)24(29)12-8-19-7-11-22-23(15-19)32-14-13-31-22/h5-7,9-11,15,17-18H,4,8,12-14,16H2,1-3H3,(H,27,30)/t17-,18+/m0/s1. The van der Waals surface area contributed by atoms with Crippen molar-refractivity contribution in [3.63, 3.8) is 0 Å². The van der Waals surface area contributed by atoms with Crippen LogP contribution in [0.5, 0.6) is 11.5 Å². The molecular formula is C25H31ClN2O4. The average molecular weight is 459 g/mol. The first-order valence-electron chi connectivity index (χ1n) is 11.1. The fraction of sp³-hybridized carbons (Fsp3) is 0.440. The highest BCUT2D eigenvalue weighted by Crippen LogP contribution is 2.31. The molecule has 6 nitrogen and oxygen atoms in total. The van der Waals surface area contributed by atoms with Gasteiger partial charge in [0, 0.05) is 24.0 Å². The smallest absolute Gasteiger partial charge is 0.242 e. The van der Waals surface area contributed by atoms with E-state index in [1.807, 2.05) is 44.2 Å². The van der Waals surface area contributed by atoms with Gasteiger partial charge in [-0.15, -0.1) is 0 Å². The molecule has 0 aromatic heterocycles. The average Bonchev–Trinajstić information content (AvgIpc) is 2.81. The number of nitrogens with one attached hydrogen (secondary N) is 1. The fourth-order valence-electron chi connectivity index (χ4n) is 3.47. The van der Waals surface area contributed by atoms with Crippen molar-refractivity contribution in [2.75, 3.05) is 13.2 Å². The minimum Gasteiger partial charge on any atom is -0.486 e. The zero-order valence-corrected chi connectivity index (χ0v) is 19.7. The largest absolute Gasteiger partial charge is 0.486 e. The van der Waals surface area contributed by atoms with E-state index in [1.165, 1.54) is 0 Å². The van der Waals surface area contributed by atoms with Crippen molar-refractivity contribution in [1.82, 2.24) is 10.2 Å². The van der Waals surface area contributed by atoms with Crippen molar-refractivity contribution < 1.29 is 19.1 Å².